The van der Waals surface area contributed by atoms with E-state index >= 15 is 0 Å². The van der Waals surface area contributed by atoms with Crippen LogP contribution in [0.2, 0.25) is 0 Å². The third-order valence-electron chi connectivity index (χ3n) is 4.28. The monoisotopic (exact) mass is 365 g/mol. The number of hydrogen-bond donors (Lipinski definition) is 5. The van der Waals surface area contributed by atoms with E-state index in [4.69, 9.17) is 4.74 Å². The molecule has 3 rings (SSSR count). The van der Waals surface area contributed by atoms with E-state index in [0.717, 1.165) is 5.57 Å². The van der Waals surface area contributed by atoms with Gasteiger partial charge in [0.1, 0.15) is 37.1 Å². The third-order valence-corrected chi connectivity index (χ3v) is 4.28. The molecule has 3 heterocycles. The van der Waals surface area contributed by atoms with Gasteiger partial charge in [0, 0.05) is 6.54 Å². The van der Waals surface area contributed by atoms with Crippen LogP contribution in [0.4, 0.5) is 5.82 Å². The van der Waals surface area contributed by atoms with Gasteiger partial charge >= 0.3 is 0 Å². The van der Waals surface area contributed by atoms with Gasteiger partial charge in [-0.2, -0.15) is 0 Å². The fourth-order valence-corrected chi connectivity index (χ4v) is 2.83. The Morgan fingerprint density at radius 1 is 1.19 bits per heavy atom. The fraction of sp³-hybridized carbons (Fsp3) is 0.562. The molecule has 0 aromatic carbocycles. The zero-order valence-electron chi connectivity index (χ0n) is 14.5. The second-order valence-corrected chi connectivity index (χ2v) is 6.43. The number of imidazole rings is 1. The minimum Gasteiger partial charge on any atom is -0.394 e. The maximum atomic E-state index is 10.3. The molecule has 3 aliphatic heterocycles. The van der Waals surface area contributed by atoms with Gasteiger partial charge in [0.05, 0.1) is 6.61 Å². The molecule has 0 aliphatic carbocycles. The summed E-state index contributed by atoms with van der Waals surface area (Å²) in [5.74, 6) is 0.917. The van der Waals surface area contributed by atoms with Gasteiger partial charge < -0.3 is 30.5 Å². The van der Waals surface area contributed by atoms with Crippen LogP contribution in [0.25, 0.3) is 11.5 Å². The number of anilines is 1. The summed E-state index contributed by atoms with van der Waals surface area (Å²) in [6, 6.07) is 0. The van der Waals surface area contributed by atoms with Crippen molar-refractivity contribution in [3.63, 3.8) is 0 Å². The Hall–Kier alpha value is -2.11. The average Bonchev–Trinajstić information content (AvgIpc) is 3.10. The lowest BCUT2D eigenvalue weighted by Gasteiger charge is -2.41. The highest BCUT2D eigenvalue weighted by atomic mass is 16.6. The van der Waals surface area contributed by atoms with Crippen LogP contribution < -0.4 is 5.32 Å². The molecule has 26 heavy (non-hydrogen) atoms. The van der Waals surface area contributed by atoms with Gasteiger partial charge in [0.25, 0.3) is 0 Å². The molecule has 0 radical (unpaired) electrons. The Morgan fingerprint density at radius 2 is 1.96 bits per heavy atom. The Labute approximate surface area is 150 Å². The average molecular weight is 365 g/mol. The van der Waals surface area contributed by atoms with Crippen molar-refractivity contribution in [3.05, 3.63) is 24.3 Å². The molecule has 142 valence electrons. The van der Waals surface area contributed by atoms with E-state index in [2.05, 4.69) is 20.3 Å². The normalized spacial score (nSPS) is 28.9. The number of allylic oxidation sites excluding steroid dienone is 1. The summed E-state index contributed by atoms with van der Waals surface area (Å²) in [6.45, 7) is 4.05. The van der Waals surface area contributed by atoms with Crippen LogP contribution in [-0.4, -0.2) is 77.5 Å². The summed E-state index contributed by atoms with van der Waals surface area (Å²) in [5, 5.41) is 42.7. The van der Waals surface area contributed by atoms with Crippen molar-refractivity contribution < 1.29 is 25.2 Å². The van der Waals surface area contributed by atoms with Crippen molar-refractivity contribution in [2.24, 2.45) is 0 Å². The number of aliphatic hydroxyl groups excluding tert-OH is 4. The molecule has 0 spiro atoms. The van der Waals surface area contributed by atoms with Gasteiger partial charge in [-0.3, -0.25) is 4.57 Å². The molecular weight excluding hydrogens is 342 g/mol. The molecule has 5 atom stereocenters. The zero-order chi connectivity index (χ0) is 18.8. The van der Waals surface area contributed by atoms with E-state index in [1.807, 2.05) is 19.9 Å². The van der Waals surface area contributed by atoms with Gasteiger partial charge in [-0.25, -0.2) is 15.0 Å². The van der Waals surface area contributed by atoms with Crippen molar-refractivity contribution >= 4 is 5.82 Å². The number of nitrogens with one attached hydrogen (secondary N) is 1. The van der Waals surface area contributed by atoms with Crippen molar-refractivity contribution in [2.45, 2.75) is 44.5 Å². The molecule has 10 heteroatoms. The zero-order valence-corrected chi connectivity index (χ0v) is 14.5. The topological polar surface area (TPSA) is 146 Å². The third kappa shape index (κ3) is 3.41. The standard InChI is InChI=1S/C16H23N5O5/c1-8(2)3-4-17-14-10-15(19-6-18-10)21(7-20-14)16-13(25)12(24)11(23)9(5-22)26-16/h3,6-7,9,11-13,16-17,22-25H,4-5H2,1-2H3/t9-,11-,12+,13-,16?/m1/s1. The number of nitrogens with zero attached hydrogens (tertiary/aromatic N) is 4. The molecule has 10 nitrogen and oxygen atoms in total. The summed E-state index contributed by atoms with van der Waals surface area (Å²) in [5.41, 5.74) is 1.64. The largest absolute Gasteiger partial charge is 0.394 e. The van der Waals surface area contributed by atoms with Crippen LogP contribution in [0.15, 0.2) is 24.3 Å². The minimum absolute atomic E-state index is 0.393. The SMILES string of the molecule is CC(C)=CCNc1ncn(C2O[C@H](CO)[C@@H](O)[C@H](O)[C@H]2O)c2ncnc1-2. The highest BCUT2D eigenvalue weighted by molar-refractivity contribution is 5.67. The lowest BCUT2D eigenvalue weighted by molar-refractivity contribution is -0.251. The number of aliphatic hydroxyl groups is 4. The first-order valence-electron chi connectivity index (χ1n) is 8.29. The number of hydrogen-bond acceptors (Lipinski definition) is 9. The predicted molar refractivity (Wildman–Crippen MR) is 91.4 cm³/mol. The second-order valence-electron chi connectivity index (χ2n) is 6.43. The quantitative estimate of drug-likeness (QED) is 0.427. The number of rotatable bonds is 5. The van der Waals surface area contributed by atoms with Crippen molar-refractivity contribution in [1.82, 2.24) is 19.5 Å². The molecule has 1 unspecified atom stereocenters. The van der Waals surface area contributed by atoms with Gasteiger partial charge in [-0.05, 0) is 13.8 Å². The summed E-state index contributed by atoms with van der Waals surface area (Å²) in [4.78, 5) is 12.7. The molecule has 3 aliphatic rings. The number of aromatic nitrogens is 4. The molecule has 1 saturated heterocycles. The summed E-state index contributed by atoms with van der Waals surface area (Å²) in [7, 11) is 0. The van der Waals surface area contributed by atoms with Crippen molar-refractivity contribution in [3.8, 4) is 11.5 Å². The second kappa shape index (κ2) is 7.64. The molecule has 0 aromatic rings. The number of ether oxygens (including phenoxy) is 1. The van der Waals surface area contributed by atoms with Crippen LogP contribution in [-0.2, 0) is 4.74 Å². The predicted octanol–water partition coefficient (Wildman–Crippen LogP) is -0.872. The Kier molecular flexibility index (Phi) is 5.49. The maximum Gasteiger partial charge on any atom is 0.167 e. The Morgan fingerprint density at radius 3 is 2.65 bits per heavy atom. The maximum absolute atomic E-state index is 10.3. The van der Waals surface area contributed by atoms with Crippen LogP contribution in [0, 0.1) is 0 Å². The summed E-state index contributed by atoms with van der Waals surface area (Å²) >= 11 is 0. The number of fused-ring (bicyclic) bond motifs is 1. The van der Waals surface area contributed by atoms with E-state index in [9.17, 15) is 20.4 Å². The molecule has 5 N–H and O–H groups in total. The molecule has 1 fully saturated rings. The van der Waals surface area contributed by atoms with Crippen LogP contribution in [0.3, 0.4) is 0 Å². The van der Waals surface area contributed by atoms with E-state index in [1.165, 1.54) is 17.2 Å². The first-order valence-corrected chi connectivity index (χ1v) is 8.29. The van der Waals surface area contributed by atoms with Crippen LogP contribution in [0.5, 0.6) is 0 Å². The van der Waals surface area contributed by atoms with E-state index in [0.29, 0.717) is 23.9 Å². The molecular formula is C16H23N5O5. The van der Waals surface area contributed by atoms with Crippen LogP contribution in [0.1, 0.15) is 20.1 Å². The van der Waals surface area contributed by atoms with Gasteiger partial charge in [-0.15, -0.1) is 0 Å². The van der Waals surface area contributed by atoms with Crippen LogP contribution >= 0.6 is 0 Å². The van der Waals surface area contributed by atoms with Gasteiger partial charge in [-0.1, -0.05) is 11.6 Å². The van der Waals surface area contributed by atoms with Crippen molar-refractivity contribution in [2.75, 3.05) is 18.5 Å². The first kappa shape index (κ1) is 18.7. The van der Waals surface area contributed by atoms with Gasteiger partial charge in [0.2, 0.25) is 0 Å². The van der Waals surface area contributed by atoms with E-state index in [-0.39, 0.29) is 0 Å². The highest BCUT2D eigenvalue weighted by Gasteiger charge is 2.45. The lowest BCUT2D eigenvalue weighted by Crippen LogP contribution is -2.56. The summed E-state index contributed by atoms with van der Waals surface area (Å²) < 4.78 is 6.99. The van der Waals surface area contributed by atoms with E-state index in [1.54, 1.807) is 0 Å². The highest BCUT2D eigenvalue weighted by Crippen LogP contribution is 2.33. The first-order chi connectivity index (χ1) is 12.4. The molecule has 0 saturated carbocycles. The smallest absolute Gasteiger partial charge is 0.167 e. The molecule has 0 bridgehead atoms. The van der Waals surface area contributed by atoms with E-state index < -0.39 is 37.3 Å². The minimum atomic E-state index is -1.48. The van der Waals surface area contributed by atoms with Gasteiger partial charge in [0.15, 0.2) is 23.6 Å². The summed E-state index contributed by atoms with van der Waals surface area (Å²) in [6.07, 6.45) is -1.65. The Bertz CT molecular complexity index is 745. The molecule has 0 amide bonds. The fourth-order valence-electron chi connectivity index (χ4n) is 2.83. The lowest BCUT2D eigenvalue weighted by atomic mass is 9.98. The Balaban J connectivity index is 1.91. The molecule has 0 aromatic heterocycles. The van der Waals surface area contributed by atoms with Crippen molar-refractivity contribution in [1.29, 1.82) is 0 Å².